The molecule has 5 nitrogen and oxygen atoms in total. The van der Waals surface area contributed by atoms with Crippen LogP contribution in [0.25, 0.3) is 0 Å². The van der Waals surface area contributed by atoms with Crippen LogP contribution < -0.4 is 10.6 Å². The number of non-ortho nitro benzene ring substituents is 1. The van der Waals surface area contributed by atoms with Gasteiger partial charge in [-0.05, 0) is 38.3 Å². The summed E-state index contributed by atoms with van der Waals surface area (Å²) in [5.41, 5.74) is 1.67. The van der Waals surface area contributed by atoms with Gasteiger partial charge in [0.1, 0.15) is 0 Å². The average Bonchev–Trinajstić information content (AvgIpc) is 2.36. The topological polar surface area (TPSA) is 67.2 Å². The maximum Gasteiger partial charge on any atom is 0.273 e. The van der Waals surface area contributed by atoms with Gasteiger partial charge in [-0.3, -0.25) is 10.1 Å². The van der Waals surface area contributed by atoms with E-state index in [2.05, 4.69) is 23.8 Å². The molecule has 0 bridgehead atoms. The first-order valence-electron chi connectivity index (χ1n) is 6.35. The summed E-state index contributed by atoms with van der Waals surface area (Å²) in [4.78, 5) is 10.6. The lowest BCUT2D eigenvalue weighted by Gasteiger charge is -2.15. The molecule has 0 aliphatic carbocycles. The number of thioether (sulfide) groups is 1. The maximum absolute atomic E-state index is 10.9. The fourth-order valence-electron chi connectivity index (χ4n) is 1.76. The molecule has 0 radical (unpaired) electrons. The van der Waals surface area contributed by atoms with E-state index in [1.54, 1.807) is 23.9 Å². The minimum atomic E-state index is -0.363. The van der Waals surface area contributed by atoms with Crippen molar-refractivity contribution in [3.63, 3.8) is 0 Å². The lowest BCUT2D eigenvalue weighted by atomic mass is 10.2. The largest absolute Gasteiger partial charge is 0.385 e. The van der Waals surface area contributed by atoms with Crippen molar-refractivity contribution >= 4 is 28.8 Å². The number of benzene rings is 1. The summed E-state index contributed by atoms with van der Waals surface area (Å²) in [6.45, 7) is 4.79. The Morgan fingerprint density at radius 1 is 1.37 bits per heavy atom. The van der Waals surface area contributed by atoms with Crippen LogP contribution in [0.3, 0.4) is 0 Å². The molecule has 0 amide bonds. The molecule has 0 aromatic heterocycles. The van der Waals surface area contributed by atoms with Crippen LogP contribution in [-0.4, -0.2) is 29.5 Å². The Labute approximate surface area is 118 Å². The average molecular weight is 283 g/mol. The number of nitrogens with one attached hydrogen (secondary N) is 2. The van der Waals surface area contributed by atoms with Gasteiger partial charge in [0.2, 0.25) is 0 Å². The van der Waals surface area contributed by atoms with Crippen LogP contribution >= 0.6 is 11.8 Å². The highest BCUT2D eigenvalue weighted by Gasteiger charge is 2.11. The Morgan fingerprint density at radius 2 is 2.05 bits per heavy atom. The zero-order chi connectivity index (χ0) is 14.3. The first-order valence-corrected chi connectivity index (χ1v) is 7.75. The number of nitrogens with zero attached hydrogens (tertiary/aromatic N) is 1. The SMILES string of the molecule is CCNc1cc(NC(C)CCSC)cc([N+](=O)[O-])c1. The third-order valence-corrected chi connectivity index (χ3v) is 3.32. The molecule has 1 aromatic carbocycles. The van der Waals surface area contributed by atoms with Crippen molar-refractivity contribution in [3.8, 4) is 0 Å². The summed E-state index contributed by atoms with van der Waals surface area (Å²) in [5, 5.41) is 17.3. The molecule has 6 heteroatoms. The molecule has 19 heavy (non-hydrogen) atoms. The highest BCUT2D eigenvalue weighted by atomic mass is 32.2. The fourth-order valence-corrected chi connectivity index (χ4v) is 2.35. The van der Waals surface area contributed by atoms with Crippen LogP contribution in [0.4, 0.5) is 17.1 Å². The van der Waals surface area contributed by atoms with E-state index in [4.69, 9.17) is 0 Å². The van der Waals surface area contributed by atoms with E-state index in [1.807, 2.05) is 13.0 Å². The Morgan fingerprint density at radius 3 is 2.63 bits per heavy atom. The lowest BCUT2D eigenvalue weighted by Crippen LogP contribution is -2.16. The normalized spacial score (nSPS) is 11.9. The fraction of sp³-hybridized carbons (Fsp3) is 0.538. The molecule has 0 spiro atoms. The molecule has 1 unspecified atom stereocenters. The van der Waals surface area contributed by atoms with E-state index in [0.717, 1.165) is 30.1 Å². The van der Waals surface area contributed by atoms with Gasteiger partial charge in [-0.25, -0.2) is 0 Å². The van der Waals surface area contributed by atoms with Gasteiger partial charge >= 0.3 is 0 Å². The number of rotatable bonds is 8. The summed E-state index contributed by atoms with van der Waals surface area (Å²) in [6.07, 6.45) is 3.10. The second kappa shape index (κ2) is 7.89. The molecule has 0 heterocycles. The molecule has 0 saturated heterocycles. The summed E-state index contributed by atoms with van der Waals surface area (Å²) in [7, 11) is 0. The van der Waals surface area contributed by atoms with Gasteiger partial charge in [0.25, 0.3) is 5.69 Å². The lowest BCUT2D eigenvalue weighted by molar-refractivity contribution is -0.384. The molecular formula is C13H21N3O2S. The van der Waals surface area contributed by atoms with Gasteiger partial charge in [0.05, 0.1) is 4.92 Å². The van der Waals surface area contributed by atoms with Crippen LogP contribution in [0.2, 0.25) is 0 Å². The predicted molar refractivity (Wildman–Crippen MR) is 83.3 cm³/mol. The molecule has 0 aliphatic rings. The first kappa shape index (κ1) is 15.6. The van der Waals surface area contributed by atoms with E-state index < -0.39 is 0 Å². The van der Waals surface area contributed by atoms with Crippen molar-refractivity contribution in [2.75, 3.05) is 29.2 Å². The van der Waals surface area contributed by atoms with Gasteiger partial charge in [0, 0.05) is 36.1 Å². The zero-order valence-corrected chi connectivity index (χ0v) is 12.4. The van der Waals surface area contributed by atoms with Gasteiger partial charge in [-0.15, -0.1) is 0 Å². The highest BCUT2D eigenvalue weighted by molar-refractivity contribution is 7.98. The molecule has 0 fully saturated rings. The van der Waals surface area contributed by atoms with Gasteiger partial charge in [0.15, 0.2) is 0 Å². The quantitative estimate of drug-likeness (QED) is 0.564. The second-order valence-electron chi connectivity index (χ2n) is 4.38. The van der Waals surface area contributed by atoms with Crippen LogP contribution in [-0.2, 0) is 0 Å². The maximum atomic E-state index is 10.9. The van der Waals surface area contributed by atoms with E-state index in [-0.39, 0.29) is 10.6 Å². The van der Waals surface area contributed by atoms with Gasteiger partial charge < -0.3 is 10.6 Å². The van der Waals surface area contributed by atoms with Crippen LogP contribution in [0.1, 0.15) is 20.3 Å². The van der Waals surface area contributed by atoms with Gasteiger partial charge in [-0.1, -0.05) is 0 Å². The molecule has 106 valence electrons. The predicted octanol–water partition coefficient (Wildman–Crippen LogP) is 3.58. The second-order valence-corrected chi connectivity index (χ2v) is 5.37. The van der Waals surface area contributed by atoms with Crippen molar-refractivity contribution in [2.45, 2.75) is 26.3 Å². The van der Waals surface area contributed by atoms with Crippen LogP contribution in [0.5, 0.6) is 0 Å². The molecule has 0 saturated carbocycles. The van der Waals surface area contributed by atoms with Crippen LogP contribution in [0, 0.1) is 10.1 Å². The van der Waals surface area contributed by atoms with Crippen LogP contribution in [0.15, 0.2) is 18.2 Å². The molecular weight excluding hydrogens is 262 g/mol. The Balaban J connectivity index is 2.83. The van der Waals surface area contributed by atoms with Crippen molar-refractivity contribution < 1.29 is 4.92 Å². The zero-order valence-electron chi connectivity index (χ0n) is 11.6. The summed E-state index contributed by atoms with van der Waals surface area (Å²) in [5.74, 6) is 1.07. The standard InChI is InChI=1S/C13H21N3O2S/c1-4-14-11-7-12(9-13(8-11)16(17)18)15-10(2)5-6-19-3/h7-10,14-15H,4-6H2,1-3H3. The molecule has 1 rings (SSSR count). The van der Waals surface area contributed by atoms with Crippen molar-refractivity contribution in [2.24, 2.45) is 0 Å². The minimum Gasteiger partial charge on any atom is -0.385 e. The summed E-state index contributed by atoms with van der Waals surface area (Å²) >= 11 is 1.80. The number of nitro groups is 1. The number of nitro benzene ring substituents is 1. The summed E-state index contributed by atoms with van der Waals surface area (Å²) in [6, 6.07) is 5.34. The monoisotopic (exact) mass is 283 g/mol. The van der Waals surface area contributed by atoms with Crippen molar-refractivity contribution in [1.29, 1.82) is 0 Å². The minimum absolute atomic E-state index is 0.109. The molecule has 2 N–H and O–H groups in total. The smallest absolute Gasteiger partial charge is 0.273 e. The first-order chi connectivity index (χ1) is 9.06. The van der Waals surface area contributed by atoms with Gasteiger partial charge in [-0.2, -0.15) is 11.8 Å². The molecule has 0 aliphatic heterocycles. The van der Waals surface area contributed by atoms with E-state index in [9.17, 15) is 10.1 Å². The van der Waals surface area contributed by atoms with E-state index in [1.165, 1.54) is 0 Å². The molecule has 1 aromatic rings. The number of hydrogen-bond acceptors (Lipinski definition) is 5. The third-order valence-electron chi connectivity index (χ3n) is 2.68. The Kier molecular flexibility index (Phi) is 6.49. The molecule has 1 atom stereocenters. The van der Waals surface area contributed by atoms with Crippen molar-refractivity contribution in [1.82, 2.24) is 0 Å². The summed E-state index contributed by atoms with van der Waals surface area (Å²) < 4.78 is 0. The number of anilines is 2. The Bertz CT molecular complexity index is 426. The number of hydrogen-bond donors (Lipinski definition) is 2. The highest BCUT2D eigenvalue weighted by Crippen LogP contribution is 2.25. The third kappa shape index (κ3) is 5.38. The van der Waals surface area contributed by atoms with E-state index in [0.29, 0.717) is 6.04 Å². The Hall–Kier alpha value is -1.43. The van der Waals surface area contributed by atoms with Crippen molar-refractivity contribution in [3.05, 3.63) is 28.3 Å². The van der Waals surface area contributed by atoms with E-state index >= 15 is 0 Å².